The molecule has 0 bridgehead atoms. The second-order valence-electron chi connectivity index (χ2n) is 5.37. The molecule has 1 aromatic heterocycles. The average Bonchev–Trinajstić information content (AvgIpc) is 2.83. The molecule has 21 heavy (non-hydrogen) atoms. The summed E-state index contributed by atoms with van der Waals surface area (Å²) in [5.74, 6) is 0.00902. The molecule has 0 aliphatic heterocycles. The van der Waals surface area contributed by atoms with Crippen LogP contribution in [0.1, 0.15) is 26.7 Å². The molecule has 0 aliphatic rings. The van der Waals surface area contributed by atoms with E-state index in [-0.39, 0.29) is 24.1 Å². The van der Waals surface area contributed by atoms with Gasteiger partial charge in [-0.1, -0.05) is 6.07 Å². The Labute approximate surface area is 121 Å². The first-order valence-corrected chi connectivity index (χ1v) is 6.39. The Morgan fingerprint density at radius 3 is 2.81 bits per heavy atom. The van der Waals surface area contributed by atoms with E-state index < -0.39 is 11.7 Å². The van der Waals surface area contributed by atoms with Crippen LogP contribution >= 0.6 is 0 Å². The van der Waals surface area contributed by atoms with Crippen molar-refractivity contribution >= 4 is 6.09 Å². The number of rotatable bonds is 3. The number of nitrogens with one attached hydrogen (secondary N) is 1. The summed E-state index contributed by atoms with van der Waals surface area (Å²) in [7, 11) is 0. The van der Waals surface area contributed by atoms with Gasteiger partial charge in [0.05, 0.1) is 6.54 Å². The van der Waals surface area contributed by atoms with Crippen LogP contribution in [0.5, 0.6) is 0 Å². The number of carbonyl (C=O) groups is 1. The molecule has 6 nitrogen and oxygen atoms in total. The minimum absolute atomic E-state index is 0.0389. The van der Waals surface area contributed by atoms with Crippen LogP contribution in [-0.4, -0.2) is 21.9 Å². The summed E-state index contributed by atoms with van der Waals surface area (Å²) in [6.07, 6.45) is -0.576. The number of nitrogens with zero attached hydrogens (tertiary/aromatic N) is 2. The maximum atomic E-state index is 13.1. The van der Waals surface area contributed by atoms with E-state index in [1.807, 2.05) is 0 Å². The van der Waals surface area contributed by atoms with Crippen molar-refractivity contribution in [1.29, 1.82) is 0 Å². The highest BCUT2D eigenvalue weighted by Gasteiger charge is 2.17. The van der Waals surface area contributed by atoms with Crippen LogP contribution < -0.4 is 5.32 Å². The van der Waals surface area contributed by atoms with Gasteiger partial charge in [0.15, 0.2) is 0 Å². The highest BCUT2D eigenvalue weighted by Crippen LogP contribution is 2.18. The van der Waals surface area contributed by atoms with Crippen LogP contribution in [0.4, 0.5) is 9.18 Å². The maximum absolute atomic E-state index is 13.1. The minimum Gasteiger partial charge on any atom is -0.444 e. The Morgan fingerprint density at radius 1 is 1.38 bits per heavy atom. The Hall–Kier alpha value is -2.44. The number of alkyl carbamates (subject to hydrolysis) is 1. The van der Waals surface area contributed by atoms with Crippen molar-refractivity contribution in [3.8, 4) is 11.5 Å². The second kappa shape index (κ2) is 5.90. The zero-order valence-corrected chi connectivity index (χ0v) is 12.0. The van der Waals surface area contributed by atoms with Gasteiger partial charge in [-0.3, -0.25) is 0 Å². The highest BCUT2D eigenvalue weighted by molar-refractivity contribution is 5.67. The monoisotopic (exact) mass is 293 g/mol. The molecular formula is C14H16FN3O3. The molecular weight excluding hydrogens is 277 g/mol. The van der Waals surface area contributed by atoms with Gasteiger partial charge < -0.3 is 14.5 Å². The topological polar surface area (TPSA) is 77.2 Å². The van der Waals surface area contributed by atoms with Crippen molar-refractivity contribution in [2.24, 2.45) is 0 Å². The van der Waals surface area contributed by atoms with Gasteiger partial charge in [-0.2, -0.15) is 0 Å². The van der Waals surface area contributed by atoms with Crippen molar-refractivity contribution in [3.63, 3.8) is 0 Å². The van der Waals surface area contributed by atoms with Gasteiger partial charge in [0.2, 0.25) is 11.8 Å². The van der Waals surface area contributed by atoms with Gasteiger partial charge in [-0.15, -0.1) is 10.2 Å². The number of hydrogen-bond acceptors (Lipinski definition) is 5. The maximum Gasteiger partial charge on any atom is 0.408 e. The smallest absolute Gasteiger partial charge is 0.408 e. The summed E-state index contributed by atoms with van der Waals surface area (Å²) in [6.45, 7) is 5.33. The fourth-order valence-electron chi connectivity index (χ4n) is 1.53. The third kappa shape index (κ3) is 4.55. The summed E-state index contributed by atoms with van der Waals surface area (Å²) >= 11 is 0. The fourth-order valence-corrected chi connectivity index (χ4v) is 1.53. The lowest BCUT2D eigenvalue weighted by molar-refractivity contribution is 0.0519. The summed E-state index contributed by atoms with van der Waals surface area (Å²) in [5.41, 5.74) is -0.0999. The molecule has 2 aromatic rings. The zero-order valence-electron chi connectivity index (χ0n) is 12.0. The Bertz CT molecular complexity index is 634. The summed E-state index contributed by atoms with van der Waals surface area (Å²) in [4.78, 5) is 11.5. The van der Waals surface area contributed by atoms with Crippen molar-refractivity contribution in [2.45, 2.75) is 32.9 Å². The predicted octanol–water partition coefficient (Wildman–Crippen LogP) is 2.90. The van der Waals surface area contributed by atoms with E-state index in [2.05, 4.69) is 15.5 Å². The van der Waals surface area contributed by atoms with E-state index >= 15 is 0 Å². The van der Waals surface area contributed by atoms with Crippen molar-refractivity contribution in [3.05, 3.63) is 36.0 Å². The van der Waals surface area contributed by atoms with Gasteiger partial charge in [-0.25, -0.2) is 9.18 Å². The molecule has 1 aromatic carbocycles. The first-order chi connectivity index (χ1) is 9.83. The number of benzene rings is 1. The summed E-state index contributed by atoms with van der Waals surface area (Å²) in [6, 6.07) is 5.82. The third-order valence-corrected chi connectivity index (χ3v) is 2.32. The van der Waals surface area contributed by atoms with Gasteiger partial charge >= 0.3 is 6.09 Å². The Balaban J connectivity index is 1.96. The van der Waals surface area contributed by atoms with Crippen molar-refractivity contribution < 1.29 is 18.3 Å². The molecule has 0 aliphatic carbocycles. The van der Waals surface area contributed by atoms with Gasteiger partial charge in [0, 0.05) is 5.56 Å². The second-order valence-corrected chi connectivity index (χ2v) is 5.37. The van der Waals surface area contributed by atoms with Crippen LogP contribution in [-0.2, 0) is 11.3 Å². The number of ether oxygens (including phenoxy) is 1. The van der Waals surface area contributed by atoms with E-state index in [1.165, 1.54) is 12.1 Å². The molecule has 1 N–H and O–H groups in total. The molecule has 2 rings (SSSR count). The lowest BCUT2D eigenvalue weighted by atomic mass is 10.2. The Morgan fingerprint density at radius 2 is 2.14 bits per heavy atom. The van der Waals surface area contributed by atoms with E-state index in [1.54, 1.807) is 32.9 Å². The molecule has 0 unspecified atom stereocenters. The van der Waals surface area contributed by atoms with E-state index in [9.17, 15) is 9.18 Å². The van der Waals surface area contributed by atoms with Gasteiger partial charge in [-0.05, 0) is 39.0 Å². The first kappa shape index (κ1) is 15.0. The third-order valence-electron chi connectivity index (χ3n) is 2.32. The molecule has 7 heteroatoms. The quantitative estimate of drug-likeness (QED) is 0.941. The summed E-state index contributed by atoms with van der Waals surface area (Å²) in [5, 5.41) is 10.1. The molecule has 0 radical (unpaired) electrons. The van der Waals surface area contributed by atoms with E-state index in [0.29, 0.717) is 5.56 Å². The van der Waals surface area contributed by atoms with Gasteiger partial charge in [0.1, 0.15) is 11.4 Å². The van der Waals surface area contributed by atoms with Crippen LogP contribution in [0.15, 0.2) is 28.7 Å². The predicted molar refractivity (Wildman–Crippen MR) is 72.8 cm³/mol. The van der Waals surface area contributed by atoms with Crippen LogP contribution in [0, 0.1) is 5.82 Å². The molecule has 0 spiro atoms. The van der Waals surface area contributed by atoms with E-state index in [0.717, 1.165) is 0 Å². The lowest BCUT2D eigenvalue weighted by Gasteiger charge is -2.19. The van der Waals surface area contributed by atoms with Crippen LogP contribution in [0.3, 0.4) is 0 Å². The van der Waals surface area contributed by atoms with Crippen molar-refractivity contribution in [1.82, 2.24) is 15.5 Å². The van der Waals surface area contributed by atoms with Gasteiger partial charge in [0.25, 0.3) is 0 Å². The Kier molecular flexibility index (Phi) is 4.21. The molecule has 0 saturated carbocycles. The molecule has 0 saturated heterocycles. The first-order valence-electron chi connectivity index (χ1n) is 6.39. The lowest BCUT2D eigenvalue weighted by Crippen LogP contribution is -2.32. The average molecular weight is 293 g/mol. The molecule has 1 heterocycles. The molecule has 1 amide bonds. The standard InChI is InChI=1S/C14H16FN3O3/c1-14(2,3)21-13(19)16-8-11-17-18-12(20-11)9-5-4-6-10(15)7-9/h4-7H,8H2,1-3H3,(H,16,19). The molecule has 0 atom stereocenters. The van der Waals surface area contributed by atoms with E-state index in [4.69, 9.17) is 9.15 Å². The largest absolute Gasteiger partial charge is 0.444 e. The normalized spacial score (nSPS) is 11.2. The molecule has 112 valence electrons. The number of halogens is 1. The minimum atomic E-state index is -0.578. The van der Waals surface area contributed by atoms with Crippen LogP contribution in [0.2, 0.25) is 0 Å². The highest BCUT2D eigenvalue weighted by atomic mass is 19.1. The number of aromatic nitrogens is 2. The fraction of sp³-hybridized carbons (Fsp3) is 0.357. The SMILES string of the molecule is CC(C)(C)OC(=O)NCc1nnc(-c2cccc(F)c2)o1. The zero-order chi connectivity index (χ0) is 15.5. The van der Waals surface area contributed by atoms with Crippen LogP contribution in [0.25, 0.3) is 11.5 Å². The molecule has 0 fully saturated rings. The van der Waals surface area contributed by atoms with Crippen molar-refractivity contribution in [2.75, 3.05) is 0 Å². The summed E-state index contributed by atoms with van der Waals surface area (Å²) < 4.78 is 23.5. The number of carbonyl (C=O) groups excluding carboxylic acids is 1. The number of amides is 1. The number of hydrogen-bond donors (Lipinski definition) is 1.